The lowest BCUT2D eigenvalue weighted by atomic mass is 10.2. The van der Waals surface area contributed by atoms with Crippen LogP contribution in [0.5, 0.6) is 5.75 Å². The fraction of sp³-hybridized carbons (Fsp3) is 0.409. The van der Waals surface area contributed by atoms with Gasteiger partial charge in [-0.15, -0.1) is 0 Å². The Kier molecular flexibility index (Phi) is 7.65. The number of ether oxygens (including phenoxy) is 4. The van der Waals surface area contributed by atoms with Crippen molar-refractivity contribution in [2.24, 2.45) is 0 Å². The summed E-state index contributed by atoms with van der Waals surface area (Å²) < 4.78 is 26.6. The highest BCUT2D eigenvalue weighted by molar-refractivity contribution is 5.88. The van der Waals surface area contributed by atoms with Crippen molar-refractivity contribution in [1.29, 1.82) is 0 Å². The molecule has 1 saturated heterocycles. The van der Waals surface area contributed by atoms with E-state index in [1.807, 2.05) is 0 Å². The summed E-state index contributed by atoms with van der Waals surface area (Å²) in [6, 6.07) is 10.1. The first-order chi connectivity index (χ1) is 16.0. The normalized spacial score (nSPS) is 17.6. The van der Waals surface area contributed by atoms with Crippen LogP contribution in [0, 0.1) is 0 Å². The van der Waals surface area contributed by atoms with Gasteiger partial charge in [-0.1, -0.05) is 6.07 Å². The molecule has 2 heterocycles. The van der Waals surface area contributed by atoms with E-state index in [1.165, 1.54) is 18.3 Å². The Morgan fingerprint density at radius 2 is 1.58 bits per heavy atom. The van der Waals surface area contributed by atoms with Gasteiger partial charge in [-0.05, 0) is 45.0 Å². The Balaban J connectivity index is 2.26. The molecular formula is C22H27N3O8. The number of esters is 1. The maximum Gasteiger partial charge on any atom is 0.431 e. The maximum absolute atomic E-state index is 13.2. The fourth-order valence-corrected chi connectivity index (χ4v) is 3.54. The summed E-state index contributed by atoms with van der Waals surface area (Å²) in [4.78, 5) is 40.9. The Bertz CT molecular complexity index is 964. The second-order valence-corrected chi connectivity index (χ2v) is 6.71. The molecule has 178 valence electrons. The van der Waals surface area contributed by atoms with E-state index >= 15 is 0 Å². The van der Waals surface area contributed by atoms with Crippen molar-refractivity contribution in [3.8, 4) is 5.75 Å². The Labute approximate surface area is 191 Å². The van der Waals surface area contributed by atoms with Gasteiger partial charge >= 0.3 is 18.2 Å². The molecule has 0 unspecified atom stereocenters. The SMILES string of the molecule is CCOC(=O)[C@@H]1N(c2cccc(OC)c2)[C@@H](c2ccco2)N(C(=O)OCC)N1C(=O)OCC. The number of hydrogen-bond donors (Lipinski definition) is 0. The molecule has 11 heteroatoms. The largest absolute Gasteiger partial charge is 0.497 e. The van der Waals surface area contributed by atoms with E-state index in [1.54, 1.807) is 57.2 Å². The number of carbonyl (C=O) groups excluding carboxylic acids is 3. The van der Waals surface area contributed by atoms with Crippen molar-refractivity contribution < 1.29 is 37.7 Å². The van der Waals surface area contributed by atoms with Crippen molar-refractivity contribution in [2.45, 2.75) is 33.1 Å². The minimum atomic E-state index is -1.39. The molecule has 1 aromatic heterocycles. The van der Waals surface area contributed by atoms with Crippen LogP contribution in [0.4, 0.5) is 15.3 Å². The molecule has 1 aromatic carbocycles. The summed E-state index contributed by atoms with van der Waals surface area (Å²) in [7, 11) is 1.51. The van der Waals surface area contributed by atoms with Gasteiger partial charge in [-0.2, -0.15) is 10.0 Å². The summed E-state index contributed by atoms with van der Waals surface area (Å²) in [6.45, 7) is 5.01. The Morgan fingerprint density at radius 3 is 2.15 bits per heavy atom. The van der Waals surface area contributed by atoms with E-state index in [0.29, 0.717) is 11.4 Å². The summed E-state index contributed by atoms with van der Waals surface area (Å²) in [5.41, 5.74) is 0.468. The summed E-state index contributed by atoms with van der Waals surface area (Å²) in [5, 5.41) is 1.90. The standard InChI is InChI=1S/C22H27N3O8/c1-5-30-20(26)19-23(15-10-8-11-16(14-15)29-4)18(17-12-9-13-33-17)24(21(27)31-6-2)25(19)22(28)32-7-3/h8-14,18-19H,5-7H2,1-4H3/t18-,19-/m1/s1. The lowest BCUT2D eigenvalue weighted by Gasteiger charge is -2.29. The number of anilines is 1. The van der Waals surface area contributed by atoms with E-state index in [9.17, 15) is 14.4 Å². The van der Waals surface area contributed by atoms with Crippen LogP contribution in [0.3, 0.4) is 0 Å². The average molecular weight is 461 g/mol. The van der Waals surface area contributed by atoms with E-state index in [0.717, 1.165) is 10.0 Å². The molecule has 3 rings (SSSR count). The van der Waals surface area contributed by atoms with Gasteiger partial charge in [0.2, 0.25) is 6.17 Å². The molecular weight excluding hydrogens is 434 g/mol. The zero-order chi connectivity index (χ0) is 24.0. The molecule has 0 bridgehead atoms. The van der Waals surface area contributed by atoms with Crippen molar-refractivity contribution in [3.63, 3.8) is 0 Å². The molecule has 2 amide bonds. The molecule has 1 fully saturated rings. The van der Waals surface area contributed by atoms with Crippen LogP contribution in [-0.2, 0) is 19.0 Å². The van der Waals surface area contributed by atoms with Gasteiger partial charge in [-0.25, -0.2) is 14.4 Å². The van der Waals surface area contributed by atoms with Gasteiger partial charge in [0, 0.05) is 11.8 Å². The summed E-state index contributed by atoms with van der Waals surface area (Å²) in [5.74, 6) is 0.0225. The number of furan rings is 1. The quantitative estimate of drug-likeness (QED) is 0.451. The first-order valence-corrected chi connectivity index (χ1v) is 10.5. The molecule has 2 aromatic rings. The molecule has 2 atom stereocenters. The molecule has 1 aliphatic rings. The van der Waals surface area contributed by atoms with E-state index in [2.05, 4.69) is 0 Å². The van der Waals surface area contributed by atoms with Gasteiger partial charge in [-0.3, -0.25) is 0 Å². The maximum atomic E-state index is 13.2. The number of nitrogens with zero attached hydrogens (tertiary/aromatic N) is 3. The molecule has 0 spiro atoms. The smallest absolute Gasteiger partial charge is 0.431 e. The highest BCUT2D eigenvalue weighted by atomic mass is 16.6. The van der Waals surface area contributed by atoms with Crippen LogP contribution in [0.25, 0.3) is 0 Å². The zero-order valence-corrected chi connectivity index (χ0v) is 18.9. The number of carbonyl (C=O) groups is 3. The number of rotatable bonds is 7. The highest BCUT2D eigenvalue weighted by Gasteiger charge is 2.57. The lowest BCUT2D eigenvalue weighted by molar-refractivity contribution is -0.150. The van der Waals surface area contributed by atoms with Gasteiger partial charge in [0.1, 0.15) is 11.5 Å². The van der Waals surface area contributed by atoms with Crippen LogP contribution in [0.15, 0.2) is 47.1 Å². The van der Waals surface area contributed by atoms with Crippen LogP contribution < -0.4 is 9.64 Å². The van der Waals surface area contributed by atoms with Gasteiger partial charge < -0.3 is 28.3 Å². The topological polar surface area (TPSA) is 111 Å². The highest BCUT2D eigenvalue weighted by Crippen LogP contribution is 2.42. The van der Waals surface area contributed by atoms with Crippen molar-refractivity contribution in [2.75, 3.05) is 31.8 Å². The number of methoxy groups -OCH3 is 1. The van der Waals surface area contributed by atoms with Crippen LogP contribution in [0.2, 0.25) is 0 Å². The fourth-order valence-electron chi connectivity index (χ4n) is 3.54. The minimum absolute atomic E-state index is 0.0200. The number of hydrazine groups is 1. The Morgan fingerprint density at radius 1 is 0.909 bits per heavy atom. The molecule has 11 nitrogen and oxygen atoms in total. The third-order valence-electron chi connectivity index (χ3n) is 4.78. The van der Waals surface area contributed by atoms with Gasteiger partial charge in [0.25, 0.3) is 0 Å². The second kappa shape index (κ2) is 10.6. The average Bonchev–Trinajstić information content (AvgIpc) is 3.45. The first kappa shape index (κ1) is 23.8. The number of amides is 2. The van der Waals surface area contributed by atoms with Crippen molar-refractivity contribution in [1.82, 2.24) is 10.0 Å². The first-order valence-electron chi connectivity index (χ1n) is 10.5. The van der Waals surface area contributed by atoms with E-state index in [-0.39, 0.29) is 25.6 Å². The summed E-state index contributed by atoms with van der Waals surface area (Å²) >= 11 is 0. The van der Waals surface area contributed by atoms with Crippen molar-refractivity contribution in [3.05, 3.63) is 48.4 Å². The number of benzene rings is 1. The molecule has 0 saturated carbocycles. The molecule has 1 aliphatic heterocycles. The molecule has 0 radical (unpaired) electrons. The van der Waals surface area contributed by atoms with Gasteiger partial charge in [0.15, 0.2) is 6.17 Å². The third-order valence-corrected chi connectivity index (χ3v) is 4.78. The van der Waals surface area contributed by atoms with Gasteiger partial charge in [0.05, 0.1) is 33.2 Å². The number of hydrogen-bond acceptors (Lipinski definition) is 9. The predicted octanol–water partition coefficient (Wildman–Crippen LogP) is 3.53. The van der Waals surface area contributed by atoms with Crippen LogP contribution in [-0.4, -0.2) is 61.3 Å². The lowest BCUT2D eigenvalue weighted by Crippen LogP contribution is -2.53. The molecule has 0 aliphatic carbocycles. The minimum Gasteiger partial charge on any atom is -0.497 e. The second-order valence-electron chi connectivity index (χ2n) is 6.71. The van der Waals surface area contributed by atoms with Crippen LogP contribution in [0.1, 0.15) is 32.7 Å². The zero-order valence-electron chi connectivity index (χ0n) is 18.9. The van der Waals surface area contributed by atoms with E-state index < -0.39 is 30.5 Å². The Hall–Kier alpha value is -3.89. The van der Waals surface area contributed by atoms with E-state index in [4.69, 9.17) is 23.4 Å². The molecule has 0 N–H and O–H groups in total. The van der Waals surface area contributed by atoms with Crippen LogP contribution >= 0.6 is 0 Å². The summed E-state index contributed by atoms with van der Waals surface area (Å²) in [6.07, 6.45) is -2.83. The molecule has 33 heavy (non-hydrogen) atoms. The predicted molar refractivity (Wildman–Crippen MR) is 115 cm³/mol. The monoisotopic (exact) mass is 461 g/mol. The third kappa shape index (κ3) is 4.66. The van der Waals surface area contributed by atoms with Crippen molar-refractivity contribution >= 4 is 23.8 Å².